The van der Waals surface area contributed by atoms with Gasteiger partial charge in [-0.2, -0.15) is 0 Å². The van der Waals surface area contributed by atoms with Gasteiger partial charge in [0.25, 0.3) is 0 Å². The van der Waals surface area contributed by atoms with Gasteiger partial charge in [0.1, 0.15) is 0 Å². The number of benzene rings is 3. The minimum Gasteiger partial charge on any atom is -0.349 e. The molecule has 0 aromatic heterocycles. The van der Waals surface area contributed by atoms with Gasteiger partial charge in [-0.05, 0) is 29.8 Å². The number of rotatable bonds is 2. The van der Waals surface area contributed by atoms with Gasteiger partial charge >= 0.3 is 0 Å². The number of fused-ring (bicyclic) bond motifs is 3. The fourth-order valence-corrected chi connectivity index (χ4v) is 5.43. The van der Waals surface area contributed by atoms with Crippen LogP contribution in [0.25, 0.3) is 0 Å². The second kappa shape index (κ2) is 6.94. The van der Waals surface area contributed by atoms with Crippen molar-refractivity contribution in [3.05, 3.63) is 101 Å². The van der Waals surface area contributed by atoms with E-state index < -0.39 is 46.9 Å². The smallest absolute Gasteiger partial charge is 0.241 e. The Morgan fingerprint density at radius 3 is 1.91 bits per heavy atom. The highest BCUT2D eigenvalue weighted by atomic mass is 35.5. The van der Waals surface area contributed by atoms with Gasteiger partial charge in [0.15, 0.2) is 0 Å². The summed E-state index contributed by atoms with van der Waals surface area (Å²) in [6.07, 6.45) is -0.959. The monoisotopic (exact) mass is 457 g/mol. The second-order valence-corrected chi connectivity index (χ2v) is 8.82. The van der Waals surface area contributed by atoms with Crippen molar-refractivity contribution in [1.82, 2.24) is 0 Å². The lowest BCUT2D eigenvalue weighted by molar-refractivity contribution is -0.127. The molecule has 7 heteroatoms. The molecule has 0 radical (unpaired) electrons. The number of amides is 2. The summed E-state index contributed by atoms with van der Waals surface area (Å²) in [6, 6.07) is 21.6. The molecule has 1 spiro atoms. The van der Waals surface area contributed by atoms with Crippen molar-refractivity contribution in [1.29, 1.82) is 0 Å². The molecule has 0 unspecified atom stereocenters. The Hall–Kier alpha value is -3.61. The van der Waals surface area contributed by atoms with Gasteiger partial charge in [-0.3, -0.25) is 19.2 Å². The first-order valence-electron chi connectivity index (χ1n) is 10.5. The third-order valence-corrected chi connectivity index (χ3v) is 6.98. The van der Waals surface area contributed by atoms with E-state index >= 15 is 0 Å². The first-order valence-corrected chi connectivity index (χ1v) is 10.9. The third kappa shape index (κ3) is 2.53. The molecule has 3 aliphatic rings. The van der Waals surface area contributed by atoms with Crippen molar-refractivity contribution < 1.29 is 23.9 Å². The van der Waals surface area contributed by atoms with Crippen LogP contribution in [0.4, 0.5) is 5.69 Å². The number of Topliss-reactive ketones (excluding diaryl/α,β-unsaturated/α-hetero) is 2. The van der Waals surface area contributed by atoms with Crippen LogP contribution >= 0.6 is 11.6 Å². The molecule has 6 nitrogen and oxygen atoms in total. The predicted octanol–water partition coefficient (Wildman–Crippen LogP) is 4.04. The fourth-order valence-electron chi connectivity index (χ4n) is 5.30. The normalized spacial score (nSPS) is 25.1. The molecule has 3 atom stereocenters. The van der Waals surface area contributed by atoms with Crippen molar-refractivity contribution >= 4 is 40.7 Å². The summed E-state index contributed by atoms with van der Waals surface area (Å²) in [5.41, 5.74) is -0.705. The Morgan fingerprint density at radius 2 is 1.30 bits per heavy atom. The van der Waals surface area contributed by atoms with E-state index in [1.54, 1.807) is 78.9 Å². The van der Waals surface area contributed by atoms with Gasteiger partial charge in [-0.25, -0.2) is 4.90 Å². The molecule has 2 fully saturated rings. The highest BCUT2D eigenvalue weighted by Crippen LogP contribution is 2.57. The number of carbonyl (C=O) groups excluding carboxylic acids is 4. The summed E-state index contributed by atoms with van der Waals surface area (Å²) >= 11 is 6.03. The SMILES string of the molecule is O=C1[C@H]2[C@@H](c3ccc(Cl)cc3)OC3(C(=O)c4ccccc4C3=O)[C@H]2C(=O)N1c1ccccc1. The largest absolute Gasteiger partial charge is 0.349 e. The lowest BCUT2D eigenvalue weighted by Gasteiger charge is -2.27. The first kappa shape index (κ1) is 20.0. The number of para-hydroxylation sites is 1. The number of ether oxygens (including phenoxy) is 1. The standard InChI is InChI=1S/C26H16ClNO5/c27-15-12-10-14(11-13-15)21-19-20(25(32)28(24(19)31)16-6-2-1-3-7-16)26(33-21)22(29)17-8-4-5-9-18(17)23(26)30/h1-13,19-21H/t19-,20-,21-/m1/s1. The lowest BCUT2D eigenvalue weighted by Crippen LogP contribution is -2.51. The summed E-state index contributed by atoms with van der Waals surface area (Å²) < 4.78 is 6.22. The highest BCUT2D eigenvalue weighted by Gasteiger charge is 2.74. The summed E-state index contributed by atoms with van der Waals surface area (Å²) in [5, 5.41) is 0.489. The maximum Gasteiger partial charge on any atom is 0.241 e. The summed E-state index contributed by atoms with van der Waals surface area (Å²) in [5.74, 6) is -4.55. The van der Waals surface area contributed by atoms with Crippen molar-refractivity contribution in [2.75, 3.05) is 4.90 Å². The number of hydrogen-bond acceptors (Lipinski definition) is 5. The number of carbonyl (C=O) groups is 4. The van der Waals surface area contributed by atoms with Gasteiger partial charge in [-0.1, -0.05) is 66.2 Å². The van der Waals surface area contributed by atoms with Crippen LogP contribution < -0.4 is 4.90 Å². The molecular weight excluding hydrogens is 442 g/mol. The van der Waals surface area contributed by atoms with Crippen LogP contribution in [0.2, 0.25) is 5.02 Å². The van der Waals surface area contributed by atoms with Crippen molar-refractivity contribution in [2.45, 2.75) is 11.7 Å². The lowest BCUT2D eigenvalue weighted by atomic mass is 9.77. The van der Waals surface area contributed by atoms with Crippen LogP contribution in [0.15, 0.2) is 78.9 Å². The molecule has 2 heterocycles. The van der Waals surface area contributed by atoms with Crippen LogP contribution in [-0.2, 0) is 14.3 Å². The number of ketones is 2. The first-order chi connectivity index (χ1) is 15.9. The van der Waals surface area contributed by atoms with Crippen molar-refractivity contribution in [3.8, 4) is 0 Å². The molecule has 2 amide bonds. The van der Waals surface area contributed by atoms with Gasteiger partial charge in [0, 0.05) is 16.1 Å². The molecule has 3 aromatic rings. The minimum atomic E-state index is -2.07. The quantitative estimate of drug-likeness (QED) is 0.428. The molecule has 2 aliphatic heterocycles. The molecule has 3 aromatic carbocycles. The predicted molar refractivity (Wildman–Crippen MR) is 119 cm³/mol. The Morgan fingerprint density at radius 1 is 0.727 bits per heavy atom. The van der Waals surface area contributed by atoms with Crippen LogP contribution in [0, 0.1) is 11.8 Å². The van der Waals surface area contributed by atoms with E-state index in [2.05, 4.69) is 0 Å². The average molecular weight is 458 g/mol. The molecule has 2 saturated heterocycles. The molecule has 33 heavy (non-hydrogen) atoms. The van der Waals surface area contributed by atoms with Crippen LogP contribution in [-0.4, -0.2) is 29.0 Å². The Labute approximate surface area is 193 Å². The van der Waals surface area contributed by atoms with Crippen LogP contribution in [0.3, 0.4) is 0 Å². The fraction of sp³-hybridized carbons (Fsp3) is 0.154. The molecule has 0 saturated carbocycles. The van der Waals surface area contributed by atoms with Gasteiger partial charge in [0.2, 0.25) is 29.0 Å². The van der Waals surface area contributed by atoms with E-state index in [0.717, 1.165) is 4.90 Å². The number of imide groups is 1. The Balaban J connectivity index is 1.55. The van der Waals surface area contributed by atoms with E-state index in [0.29, 0.717) is 16.3 Å². The van der Waals surface area contributed by atoms with E-state index in [1.807, 2.05) is 0 Å². The molecule has 0 bridgehead atoms. The van der Waals surface area contributed by atoms with Crippen LogP contribution in [0.5, 0.6) is 0 Å². The van der Waals surface area contributed by atoms with E-state index in [4.69, 9.17) is 16.3 Å². The number of anilines is 1. The molecular formula is C26H16ClNO5. The topological polar surface area (TPSA) is 80.8 Å². The Bertz CT molecular complexity index is 1320. The minimum absolute atomic E-state index is 0.205. The van der Waals surface area contributed by atoms with E-state index in [1.165, 1.54) is 0 Å². The number of nitrogens with zero attached hydrogens (tertiary/aromatic N) is 1. The average Bonchev–Trinajstić information content (AvgIpc) is 3.40. The maximum atomic E-state index is 13.7. The molecule has 1 aliphatic carbocycles. The zero-order valence-corrected chi connectivity index (χ0v) is 17.9. The zero-order chi connectivity index (χ0) is 22.9. The highest BCUT2D eigenvalue weighted by molar-refractivity contribution is 6.37. The summed E-state index contributed by atoms with van der Waals surface area (Å²) in [4.78, 5) is 55.8. The third-order valence-electron chi connectivity index (χ3n) is 6.73. The zero-order valence-electron chi connectivity index (χ0n) is 17.1. The molecule has 6 rings (SSSR count). The number of hydrogen-bond donors (Lipinski definition) is 0. The maximum absolute atomic E-state index is 13.7. The molecule has 0 N–H and O–H groups in total. The Kier molecular flexibility index (Phi) is 4.21. The van der Waals surface area contributed by atoms with Gasteiger partial charge in [-0.15, -0.1) is 0 Å². The summed E-state index contributed by atoms with van der Waals surface area (Å²) in [6.45, 7) is 0. The second-order valence-electron chi connectivity index (χ2n) is 8.38. The van der Waals surface area contributed by atoms with Crippen LogP contribution in [0.1, 0.15) is 32.4 Å². The molecule has 162 valence electrons. The number of halogens is 1. The summed E-state index contributed by atoms with van der Waals surface area (Å²) in [7, 11) is 0. The van der Waals surface area contributed by atoms with Crippen molar-refractivity contribution in [3.63, 3.8) is 0 Å². The van der Waals surface area contributed by atoms with Crippen molar-refractivity contribution in [2.24, 2.45) is 11.8 Å². The van der Waals surface area contributed by atoms with Gasteiger partial charge < -0.3 is 4.74 Å². The van der Waals surface area contributed by atoms with E-state index in [9.17, 15) is 19.2 Å². The van der Waals surface area contributed by atoms with E-state index in [-0.39, 0.29) is 11.1 Å². The van der Waals surface area contributed by atoms with Gasteiger partial charge in [0.05, 0.1) is 23.6 Å².